The molecule has 0 radical (unpaired) electrons. The molecule has 5 heteroatoms. The zero-order valence-electron chi connectivity index (χ0n) is 8.10. The highest BCUT2D eigenvalue weighted by molar-refractivity contribution is 7.13. The summed E-state index contributed by atoms with van der Waals surface area (Å²) in [5.41, 5.74) is 0. The van der Waals surface area contributed by atoms with Crippen molar-refractivity contribution in [3.05, 3.63) is 34.5 Å². The van der Waals surface area contributed by atoms with E-state index in [2.05, 4.69) is 4.98 Å². The van der Waals surface area contributed by atoms with E-state index in [1.165, 1.54) is 17.6 Å². The maximum atomic E-state index is 11.5. The van der Waals surface area contributed by atoms with Crippen LogP contribution in [0, 0.1) is 6.92 Å². The summed E-state index contributed by atoms with van der Waals surface area (Å²) in [6.45, 7) is 1.86. The van der Waals surface area contributed by atoms with Crippen LogP contribution in [-0.2, 0) is 0 Å². The van der Waals surface area contributed by atoms with Crippen molar-refractivity contribution in [2.45, 2.75) is 6.92 Å². The van der Waals surface area contributed by atoms with Gasteiger partial charge in [-0.15, -0.1) is 11.3 Å². The molecule has 0 aliphatic carbocycles. The molecule has 0 fully saturated rings. The molecule has 0 unspecified atom stereocenters. The first kappa shape index (κ1) is 9.92. The van der Waals surface area contributed by atoms with Crippen molar-refractivity contribution in [2.75, 3.05) is 6.61 Å². The number of thiazole rings is 1. The van der Waals surface area contributed by atoms with E-state index in [0.717, 1.165) is 4.88 Å². The van der Waals surface area contributed by atoms with Crippen molar-refractivity contribution >= 4 is 17.1 Å². The van der Waals surface area contributed by atoms with Crippen LogP contribution in [-0.4, -0.2) is 17.4 Å². The number of carbonyl (C=O) groups is 1. The summed E-state index contributed by atoms with van der Waals surface area (Å²) < 4.78 is 10.1. The third kappa shape index (κ3) is 2.44. The number of nitrogens with zero attached hydrogens (tertiary/aromatic N) is 1. The minimum absolute atomic E-state index is 0.0412. The summed E-state index contributed by atoms with van der Waals surface area (Å²) in [6.07, 6.45) is 3.16. The number of furan rings is 1. The second-order valence-electron chi connectivity index (χ2n) is 2.92. The lowest BCUT2D eigenvalue weighted by Crippen LogP contribution is -2.10. The Bertz CT molecular complexity index is 447. The number of ketones is 1. The number of hydrogen-bond acceptors (Lipinski definition) is 5. The summed E-state index contributed by atoms with van der Waals surface area (Å²) in [6, 6.07) is 3.35. The van der Waals surface area contributed by atoms with Gasteiger partial charge in [0.2, 0.25) is 5.78 Å². The molecule has 0 spiro atoms. The zero-order chi connectivity index (χ0) is 10.7. The summed E-state index contributed by atoms with van der Waals surface area (Å²) in [5.74, 6) is 0.209. The number of hydrogen-bond donors (Lipinski definition) is 0. The van der Waals surface area contributed by atoms with E-state index in [1.54, 1.807) is 18.3 Å². The fourth-order valence-corrected chi connectivity index (χ4v) is 1.72. The molecule has 0 atom stereocenters. The van der Waals surface area contributed by atoms with Crippen LogP contribution in [0.5, 0.6) is 5.95 Å². The predicted molar refractivity (Wildman–Crippen MR) is 55.4 cm³/mol. The zero-order valence-corrected chi connectivity index (χ0v) is 8.91. The van der Waals surface area contributed by atoms with E-state index in [0.29, 0.717) is 11.0 Å². The van der Waals surface area contributed by atoms with Crippen LogP contribution in [0.1, 0.15) is 14.7 Å². The van der Waals surface area contributed by atoms with Gasteiger partial charge in [-0.1, -0.05) is 0 Å². The Kier molecular flexibility index (Phi) is 2.82. The molecule has 4 nitrogen and oxygen atoms in total. The topological polar surface area (TPSA) is 52.3 Å². The van der Waals surface area contributed by atoms with Gasteiger partial charge in [-0.25, -0.2) is 4.98 Å². The van der Waals surface area contributed by atoms with Crippen LogP contribution in [0.25, 0.3) is 0 Å². The smallest absolute Gasteiger partial charge is 0.284 e. The average Bonchev–Trinajstić information content (AvgIpc) is 2.84. The first-order valence-electron chi connectivity index (χ1n) is 4.37. The van der Waals surface area contributed by atoms with Crippen molar-refractivity contribution in [3.8, 4) is 5.95 Å². The molecule has 15 heavy (non-hydrogen) atoms. The van der Waals surface area contributed by atoms with Gasteiger partial charge in [-0.2, -0.15) is 0 Å². The van der Waals surface area contributed by atoms with Crippen LogP contribution in [0.4, 0.5) is 0 Å². The Balaban J connectivity index is 1.93. The van der Waals surface area contributed by atoms with Gasteiger partial charge < -0.3 is 9.15 Å². The fourth-order valence-electron chi connectivity index (χ4n) is 1.03. The van der Waals surface area contributed by atoms with Crippen LogP contribution in [0.2, 0.25) is 0 Å². The van der Waals surface area contributed by atoms with Gasteiger partial charge >= 0.3 is 0 Å². The molecule has 0 N–H and O–H groups in total. The lowest BCUT2D eigenvalue weighted by Gasteiger charge is -1.98. The summed E-state index contributed by atoms with van der Waals surface area (Å²) >= 11 is 1.36. The first-order chi connectivity index (χ1) is 7.25. The van der Waals surface area contributed by atoms with Gasteiger partial charge in [0.25, 0.3) is 5.95 Å². The average molecular weight is 223 g/mol. The third-order valence-electron chi connectivity index (χ3n) is 1.70. The van der Waals surface area contributed by atoms with Crippen molar-refractivity contribution in [1.29, 1.82) is 0 Å². The monoisotopic (exact) mass is 223 g/mol. The number of ether oxygens (including phenoxy) is 1. The van der Waals surface area contributed by atoms with E-state index in [-0.39, 0.29) is 12.4 Å². The SMILES string of the molecule is Cc1cnc(C(=O)COc2ccco2)s1. The Morgan fingerprint density at radius 2 is 2.53 bits per heavy atom. The molecule has 0 aliphatic heterocycles. The van der Waals surface area contributed by atoms with Crippen LogP contribution in [0.3, 0.4) is 0 Å². The van der Waals surface area contributed by atoms with Gasteiger partial charge in [0.1, 0.15) is 0 Å². The van der Waals surface area contributed by atoms with Gasteiger partial charge in [-0.3, -0.25) is 4.79 Å². The summed E-state index contributed by atoms with van der Waals surface area (Å²) in [4.78, 5) is 16.5. The second kappa shape index (κ2) is 4.27. The molecule has 2 aromatic rings. The Hall–Kier alpha value is -1.62. The lowest BCUT2D eigenvalue weighted by atomic mass is 10.4. The molecule has 0 saturated heterocycles. The molecular formula is C10H9NO3S. The van der Waals surface area contributed by atoms with Gasteiger partial charge in [0.05, 0.1) is 6.26 Å². The minimum atomic E-state index is -0.135. The quantitative estimate of drug-likeness (QED) is 0.746. The first-order valence-corrected chi connectivity index (χ1v) is 5.19. The Morgan fingerprint density at radius 3 is 3.13 bits per heavy atom. The fraction of sp³-hybridized carbons (Fsp3) is 0.200. The van der Waals surface area contributed by atoms with Gasteiger partial charge in [0, 0.05) is 17.1 Å². The highest BCUT2D eigenvalue weighted by Crippen LogP contribution is 2.14. The van der Waals surface area contributed by atoms with E-state index in [9.17, 15) is 4.79 Å². The molecule has 78 valence electrons. The second-order valence-corrected chi connectivity index (χ2v) is 4.15. The minimum Gasteiger partial charge on any atom is -0.457 e. The van der Waals surface area contributed by atoms with Crippen LogP contribution in [0.15, 0.2) is 29.0 Å². The lowest BCUT2D eigenvalue weighted by molar-refractivity contribution is 0.0900. The third-order valence-corrected chi connectivity index (χ3v) is 2.65. The van der Waals surface area contributed by atoms with E-state index >= 15 is 0 Å². The normalized spacial score (nSPS) is 10.2. The number of aromatic nitrogens is 1. The molecule has 0 aliphatic rings. The van der Waals surface area contributed by atoms with Gasteiger partial charge in [-0.05, 0) is 13.0 Å². The Labute approximate surface area is 90.5 Å². The van der Waals surface area contributed by atoms with Crippen molar-refractivity contribution in [1.82, 2.24) is 4.98 Å². The summed E-state index contributed by atoms with van der Waals surface area (Å²) in [5, 5.41) is 0.471. The number of Topliss-reactive ketones (excluding diaryl/α,β-unsaturated/α-hetero) is 1. The number of aryl methyl sites for hydroxylation is 1. The highest BCUT2D eigenvalue weighted by atomic mass is 32.1. The molecule has 0 bridgehead atoms. The molecule has 0 aromatic carbocycles. The maximum Gasteiger partial charge on any atom is 0.284 e. The number of carbonyl (C=O) groups excluding carboxylic acids is 1. The summed E-state index contributed by atoms with van der Waals surface area (Å²) in [7, 11) is 0. The molecule has 0 saturated carbocycles. The van der Waals surface area contributed by atoms with Crippen LogP contribution < -0.4 is 4.74 Å². The van der Waals surface area contributed by atoms with E-state index < -0.39 is 0 Å². The standard InChI is InChI=1S/C10H9NO3S/c1-7-5-11-10(15-7)8(12)6-14-9-3-2-4-13-9/h2-5H,6H2,1H3. The highest BCUT2D eigenvalue weighted by Gasteiger charge is 2.11. The molecule has 2 heterocycles. The predicted octanol–water partition coefficient (Wildman–Crippen LogP) is 2.31. The van der Waals surface area contributed by atoms with Crippen molar-refractivity contribution in [2.24, 2.45) is 0 Å². The number of rotatable bonds is 4. The Morgan fingerprint density at radius 1 is 1.67 bits per heavy atom. The molecule has 2 rings (SSSR count). The van der Waals surface area contributed by atoms with E-state index in [1.807, 2.05) is 6.92 Å². The van der Waals surface area contributed by atoms with E-state index in [4.69, 9.17) is 9.15 Å². The maximum absolute atomic E-state index is 11.5. The molecule has 2 aromatic heterocycles. The van der Waals surface area contributed by atoms with Gasteiger partial charge in [0.15, 0.2) is 11.6 Å². The van der Waals surface area contributed by atoms with Crippen molar-refractivity contribution < 1.29 is 13.9 Å². The molecular weight excluding hydrogens is 214 g/mol. The van der Waals surface area contributed by atoms with Crippen molar-refractivity contribution in [3.63, 3.8) is 0 Å². The van der Waals surface area contributed by atoms with Crippen LogP contribution >= 0.6 is 11.3 Å². The largest absolute Gasteiger partial charge is 0.457 e. The molecule has 0 amide bonds.